The molecule has 0 bridgehead atoms. The van der Waals surface area contributed by atoms with Gasteiger partial charge in [-0.15, -0.1) is 0 Å². The first-order chi connectivity index (χ1) is 15.1. The molecular formula is C24H16BrClO5. The fraction of sp³-hybridized carbons (Fsp3) is 0.125. The van der Waals surface area contributed by atoms with Gasteiger partial charge < -0.3 is 18.9 Å². The minimum Gasteiger partial charge on any atom is -0.489 e. The van der Waals surface area contributed by atoms with Crippen molar-refractivity contribution in [2.45, 2.75) is 13.2 Å². The number of allylic oxidation sites excluding steroid dienone is 1. The van der Waals surface area contributed by atoms with Crippen LogP contribution in [0.25, 0.3) is 6.08 Å². The largest absolute Gasteiger partial charge is 0.489 e. The van der Waals surface area contributed by atoms with E-state index in [2.05, 4.69) is 15.9 Å². The third-order valence-electron chi connectivity index (χ3n) is 4.96. The molecule has 0 aliphatic carbocycles. The van der Waals surface area contributed by atoms with Crippen molar-refractivity contribution in [2.24, 2.45) is 0 Å². The summed E-state index contributed by atoms with van der Waals surface area (Å²) >= 11 is 9.62. The summed E-state index contributed by atoms with van der Waals surface area (Å²) in [6.45, 7) is 0.909. The smallest absolute Gasteiger partial charge is 0.231 e. The quantitative estimate of drug-likeness (QED) is 0.402. The third-order valence-corrected chi connectivity index (χ3v) is 5.70. The Morgan fingerprint density at radius 2 is 1.94 bits per heavy atom. The normalized spacial score (nSPS) is 15.8. The van der Waals surface area contributed by atoms with Gasteiger partial charge in [-0.25, -0.2) is 0 Å². The number of carbonyl (C=O) groups is 1. The Kier molecular flexibility index (Phi) is 5.44. The maximum absolute atomic E-state index is 12.7. The predicted molar refractivity (Wildman–Crippen MR) is 120 cm³/mol. The Balaban J connectivity index is 1.34. The SMILES string of the molecule is O=C1/C(=C/c2ccc(Br)cc2)Oc2cc(OCc3cc(Cl)cc4c3OCOC4)ccc21. The van der Waals surface area contributed by atoms with Crippen molar-refractivity contribution in [1.29, 1.82) is 0 Å². The molecule has 0 N–H and O–H groups in total. The van der Waals surface area contributed by atoms with Crippen molar-refractivity contribution in [2.75, 3.05) is 6.79 Å². The predicted octanol–water partition coefficient (Wildman–Crippen LogP) is 6.16. The van der Waals surface area contributed by atoms with E-state index >= 15 is 0 Å². The maximum Gasteiger partial charge on any atom is 0.231 e. The molecule has 7 heteroatoms. The number of hydrogen-bond acceptors (Lipinski definition) is 5. The molecule has 0 atom stereocenters. The van der Waals surface area contributed by atoms with Gasteiger partial charge in [-0.05, 0) is 48.0 Å². The molecule has 31 heavy (non-hydrogen) atoms. The molecule has 0 spiro atoms. The summed E-state index contributed by atoms with van der Waals surface area (Å²) < 4.78 is 23.7. The molecule has 3 aromatic carbocycles. The summed E-state index contributed by atoms with van der Waals surface area (Å²) in [5.41, 5.74) is 3.11. The van der Waals surface area contributed by atoms with E-state index in [1.165, 1.54) is 0 Å². The topological polar surface area (TPSA) is 54.0 Å². The van der Waals surface area contributed by atoms with Gasteiger partial charge in [-0.2, -0.15) is 0 Å². The second-order valence-electron chi connectivity index (χ2n) is 7.10. The van der Waals surface area contributed by atoms with Gasteiger partial charge in [0.25, 0.3) is 0 Å². The number of hydrogen-bond donors (Lipinski definition) is 0. The van der Waals surface area contributed by atoms with Gasteiger partial charge in [0.1, 0.15) is 23.9 Å². The lowest BCUT2D eigenvalue weighted by atomic mass is 10.1. The lowest BCUT2D eigenvalue weighted by Crippen LogP contribution is -2.14. The molecule has 2 aliphatic heterocycles. The highest BCUT2D eigenvalue weighted by Gasteiger charge is 2.28. The van der Waals surface area contributed by atoms with E-state index < -0.39 is 0 Å². The number of rotatable bonds is 4. The van der Waals surface area contributed by atoms with Gasteiger partial charge in [-0.1, -0.05) is 39.7 Å². The van der Waals surface area contributed by atoms with E-state index in [1.54, 1.807) is 24.3 Å². The molecule has 5 nitrogen and oxygen atoms in total. The van der Waals surface area contributed by atoms with Gasteiger partial charge in [0.05, 0.1) is 12.2 Å². The number of ketones is 1. The average molecular weight is 500 g/mol. The zero-order chi connectivity index (χ0) is 21.4. The number of benzene rings is 3. The molecule has 2 aliphatic rings. The molecule has 0 unspecified atom stereocenters. The van der Waals surface area contributed by atoms with E-state index in [1.807, 2.05) is 36.4 Å². The molecule has 0 saturated heterocycles. The molecule has 0 saturated carbocycles. The van der Waals surface area contributed by atoms with E-state index in [0.29, 0.717) is 28.7 Å². The number of fused-ring (bicyclic) bond motifs is 2. The fourth-order valence-electron chi connectivity index (χ4n) is 3.49. The van der Waals surface area contributed by atoms with Crippen LogP contribution in [0.15, 0.2) is 64.8 Å². The fourth-order valence-corrected chi connectivity index (χ4v) is 4.02. The molecule has 3 aromatic rings. The Morgan fingerprint density at radius 1 is 1.10 bits per heavy atom. The Hall–Kier alpha value is -2.80. The Morgan fingerprint density at radius 3 is 2.77 bits per heavy atom. The van der Waals surface area contributed by atoms with Crippen molar-refractivity contribution < 1.29 is 23.7 Å². The molecule has 0 aromatic heterocycles. The van der Waals surface area contributed by atoms with Crippen LogP contribution in [0.2, 0.25) is 5.02 Å². The molecule has 156 valence electrons. The van der Waals surface area contributed by atoms with Gasteiger partial charge in [0, 0.05) is 26.7 Å². The second-order valence-corrected chi connectivity index (χ2v) is 8.45. The van der Waals surface area contributed by atoms with Crippen LogP contribution < -0.4 is 14.2 Å². The average Bonchev–Trinajstić information content (AvgIpc) is 3.08. The summed E-state index contributed by atoms with van der Waals surface area (Å²) in [5, 5.41) is 0.594. The highest BCUT2D eigenvalue weighted by molar-refractivity contribution is 9.10. The summed E-state index contributed by atoms with van der Waals surface area (Å²) in [7, 11) is 0. The number of Topliss-reactive ketones (excluding diaryl/α,β-unsaturated/α-hetero) is 1. The minimum atomic E-state index is -0.151. The van der Waals surface area contributed by atoms with Crippen molar-refractivity contribution in [3.8, 4) is 17.2 Å². The van der Waals surface area contributed by atoms with Crippen LogP contribution in [0.4, 0.5) is 0 Å². The van der Waals surface area contributed by atoms with E-state index in [-0.39, 0.29) is 24.9 Å². The van der Waals surface area contributed by atoms with Crippen LogP contribution >= 0.6 is 27.5 Å². The minimum absolute atomic E-state index is 0.151. The monoisotopic (exact) mass is 498 g/mol. The summed E-state index contributed by atoms with van der Waals surface area (Å²) in [4.78, 5) is 12.7. The van der Waals surface area contributed by atoms with Crippen molar-refractivity contribution in [3.63, 3.8) is 0 Å². The molecule has 5 rings (SSSR count). The first kappa shape index (κ1) is 20.1. The molecule has 0 fully saturated rings. The van der Waals surface area contributed by atoms with Crippen LogP contribution in [0, 0.1) is 0 Å². The van der Waals surface area contributed by atoms with E-state index in [9.17, 15) is 4.79 Å². The van der Waals surface area contributed by atoms with Gasteiger partial charge in [0.2, 0.25) is 5.78 Å². The lowest BCUT2D eigenvalue weighted by molar-refractivity contribution is -0.0175. The summed E-state index contributed by atoms with van der Waals surface area (Å²) in [6.07, 6.45) is 1.73. The van der Waals surface area contributed by atoms with Crippen LogP contribution in [0.5, 0.6) is 17.2 Å². The molecule has 2 heterocycles. The van der Waals surface area contributed by atoms with Crippen LogP contribution in [0.1, 0.15) is 27.0 Å². The maximum atomic E-state index is 12.7. The van der Waals surface area contributed by atoms with E-state index in [4.69, 9.17) is 30.5 Å². The summed E-state index contributed by atoms with van der Waals surface area (Å²) in [6, 6.07) is 16.5. The standard InChI is InChI=1S/C24H16BrClO5/c25-17-3-1-14(2-4-17)7-22-23(27)20-6-5-19(10-21(20)31-22)29-12-16-9-18(26)8-15-11-28-13-30-24(15)16/h1-10H,11-13H2/b22-7-. The second kappa shape index (κ2) is 8.38. The lowest BCUT2D eigenvalue weighted by Gasteiger charge is -2.21. The Labute approximate surface area is 192 Å². The van der Waals surface area contributed by atoms with Crippen LogP contribution in [-0.2, 0) is 18.0 Å². The highest BCUT2D eigenvalue weighted by atomic mass is 79.9. The first-order valence-electron chi connectivity index (χ1n) is 9.55. The molecular weight excluding hydrogens is 484 g/mol. The van der Waals surface area contributed by atoms with Crippen LogP contribution in [-0.4, -0.2) is 12.6 Å². The highest BCUT2D eigenvalue weighted by Crippen LogP contribution is 2.36. The van der Waals surface area contributed by atoms with Crippen LogP contribution in [0.3, 0.4) is 0 Å². The number of halogens is 2. The first-order valence-corrected chi connectivity index (χ1v) is 10.7. The van der Waals surface area contributed by atoms with E-state index in [0.717, 1.165) is 26.9 Å². The van der Waals surface area contributed by atoms with Crippen molar-refractivity contribution in [3.05, 3.63) is 92.1 Å². The zero-order valence-corrected chi connectivity index (χ0v) is 18.5. The van der Waals surface area contributed by atoms with Crippen molar-refractivity contribution in [1.82, 2.24) is 0 Å². The summed E-state index contributed by atoms with van der Waals surface area (Å²) in [5.74, 6) is 1.93. The third kappa shape index (κ3) is 4.19. The molecule has 0 amide bonds. The molecule has 0 radical (unpaired) electrons. The van der Waals surface area contributed by atoms with Crippen molar-refractivity contribution >= 4 is 39.4 Å². The Bertz CT molecular complexity index is 1200. The van der Waals surface area contributed by atoms with Gasteiger partial charge in [0.15, 0.2) is 12.6 Å². The van der Waals surface area contributed by atoms with Gasteiger partial charge >= 0.3 is 0 Å². The van der Waals surface area contributed by atoms with Gasteiger partial charge in [-0.3, -0.25) is 4.79 Å². The zero-order valence-electron chi connectivity index (χ0n) is 16.2. The number of ether oxygens (including phenoxy) is 4. The number of carbonyl (C=O) groups excluding carboxylic acids is 1.